The van der Waals surface area contributed by atoms with Crippen molar-refractivity contribution in [2.24, 2.45) is 5.73 Å². The van der Waals surface area contributed by atoms with Crippen molar-refractivity contribution in [2.75, 3.05) is 11.5 Å². The highest BCUT2D eigenvalue weighted by Gasteiger charge is 2.23. The Morgan fingerprint density at radius 1 is 1.71 bits per heavy atom. The highest BCUT2D eigenvalue weighted by atomic mass is 32.2. The second kappa shape index (κ2) is 1.23. The maximum atomic E-state index is 10.7. The van der Waals surface area contributed by atoms with Gasteiger partial charge in [-0.1, -0.05) is 0 Å². The second-order valence-corrected chi connectivity index (χ2v) is 4.66. The van der Waals surface area contributed by atoms with E-state index in [0.717, 1.165) is 0 Å². The third kappa shape index (κ3) is 0.951. The van der Waals surface area contributed by atoms with Gasteiger partial charge in [-0.25, -0.2) is 0 Å². The maximum absolute atomic E-state index is 10.7. The molecule has 0 aromatic heterocycles. The van der Waals surface area contributed by atoms with Crippen LogP contribution in [0.15, 0.2) is 0 Å². The third-order valence-electron chi connectivity index (χ3n) is 1.04. The van der Waals surface area contributed by atoms with Gasteiger partial charge in [-0.2, -0.15) is 0 Å². The number of hydrogen-bond donors (Lipinski definition) is 1. The molecule has 1 aliphatic rings. The zero-order valence-electron chi connectivity index (χ0n) is 4.09. The lowest BCUT2D eigenvalue weighted by Crippen LogP contribution is -2.47. The van der Waals surface area contributed by atoms with Gasteiger partial charge < -0.3 is 5.73 Å². The first-order chi connectivity index (χ1) is 3.10. The quantitative estimate of drug-likeness (QED) is 0.417. The molecule has 0 saturated carbocycles. The van der Waals surface area contributed by atoms with E-state index in [9.17, 15) is 4.21 Å². The summed E-state index contributed by atoms with van der Waals surface area (Å²) in [4.78, 5) is 0. The summed E-state index contributed by atoms with van der Waals surface area (Å²) in [7, 11) is -1.66. The summed E-state index contributed by atoms with van der Waals surface area (Å²) in [5, 5.41) is 0. The van der Waals surface area contributed by atoms with Crippen LogP contribution in [0.3, 0.4) is 0 Å². The molecule has 7 heavy (non-hydrogen) atoms. The summed E-state index contributed by atoms with van der Waals surface area (Å²) in [5.74, 6) is 4.74. The fraction of sp³-hybridized carbons (Fsp3) is 0.750. The topological polar surface area (TPSA) is 43.1 Å². The minimum Gasteiger partial charge on any atom is -0.326 e. The van der Waals surface area contributed by atoms with Crippen molar-refractivity contribution in [1.82, 2.24) is 0 Å². The van der Waals surface area contributed by atoms with Crippen LogP contribution < -0.4 is 5.73 Å². The van der Waals surface area contributed by atoms with E-state index in [2.05, 4.69) is 5.87 Å². The van der Waals surface area contributed by atoms with Crippen molar-refractivity contribution in [3.8, 4) is 0 Å². The van der Waals surface area contributed by atoms with Crippen LogP contribution in [0.1, 0.15) is 0 Å². The van der Waals surface area contributed by atoms with E-state index < -0.39 is 9.52 Å². The van der Waals surface area contributed by atoms with E-state index in [4.69, 9.17) is 5.73 Å². The van der Waals surface area contributed by atoms with Gasteiger partial charge in [-0.3, -0.25) is 4.21 Å². The van der Waals surface area contributed by atoms with Gasteiger partial charge in [0.1, 0.15) is 0 Å². The molecule has 1 rings (SSSR count). The Hall–Kier alpha value is -0.0200. The minimum absolute atomic E-state index is 0.171. The van der Waals surface area contributed by atoms with Crippen LogP contribution in [0, 0.1) is 0 Å². The molecule has 0 spiro atoms. The normalized spacial score (nSPS) is 50.7. The van der Waals surface area contributed by atoms with Crippen molar-refractivity contribution < 1.29 is 4.21 Å². The third-order valence-corrected chi connectivity index (χ3v) is 3.11. The first kappa shape index (κ1) is 5.12. The predicted molar refractivity (Wildman–Crippen MR) is 33.0 cm³/mol. The molecule has 2 nitrogen and oxygen atoms in total. The van der Waals surface area contributed by atoms with Crippen LogP contribution in [-0.2, 0) is 9.52 Å². The molecular formula is C4H9NOS. The van der Waals surface area contributed by atoms with Crippen LogP contribution in [-0.4, -0.2) is 27.6 Å². The standard InChI is InChI=1S/C4H9NOS/c1-7(6)2-4(5)3-7/h4H,1-3,5H2. The maximum Gasteiger partial charge on any atom is 0.0320 e. The summed E-state index contributed by atoms with van der Waals surface area (Å²) < 4.78 is 10.7. The molecule has 0 aliphatic carbocycles. The molecule has 0 amide bonds. The summed E-state index contributed by atoms with van der Waals surface area (Å²) in [6.07, 6.45) is 0. The molecule has 1 heterocycles. The van der Waals surface area contributed by atoms with Crippen molar-refractivity contribution in [2.45, 2.75) is 6.04 Å². The molecule has 1 saturated heterocycles. The van der Waals surface area contributed by atoms with Crippen LogP contribution >= 0.6 is 0 Å². The molecule has 3 heteroatoms. The highest BCUT2D eigenvalue weighted by molar-refractivity contribution is 8.01. The fourth-order valence-corrected chi connectivity index (χ4v) is 2.19. The molecule has 0 bridgehead atoms. The van der Waals surface area contributed by atoms with E-state index in [0.29, 0.717) is 11.5 Å². The molecule has 1 aliphatic heterocycles. The van der Waals surface area contributed by atoms with Crippen molar-refractivity contribution in [3.05, 3.63) is 0 Å². The van der Waals surface area contributed by atoms with E-state index in [1.807, 2.05) is 0 Å². The summed E-state index contributed by atoms with van der Waals surface area (Å²) in [6.45, 7) is 0. The van der Waals surface area contributed by atoms with Gasteiger partial charge in [0.2, 0.25) is 0 Å². The first-order valence-corrected chi connectivity index (χ1v) is 4.25. The predicted octanol–water partition coefficient (Wildman–Crippen LogP) is -0.956. The van der Waals surface area contributed by atoms with Crippen LogP contribution in [0.5, 0.6) is 0 Å². The number of nitrogens with two attached hydrogens (primary N) is 1. The Kier molecular flexibility index (Phi) is 0.900. The van der Waals surface area contributed by atoms with Crippen molar-refractivity contribution in [3.63, 3.8) is 0 Å². The largest absolute Gasteiger partial charge is 0.326 e. The van der Waals surface area contributed by atoms with Gasteiger partial charge in [0, 0.05) is 17.5 Å². The molecule has 0 unspecified atom stereocenters. The van der Waals surface area contributed by atoms with Gasteiger partial charge >= 0.3 is 0 Å². The number of rotatable bonds is 0. The Balaban J connectivity index is 2.61. The lowest BCUT2D eigenvalue weighted by molar-refractivity contribution is 0.650. The van der Waals surface area contributed by atoms with E-state index >= 15 is 0 Å². The van der Waals surface area contributed by atoms with E-state index in [1.165, 1.54) is 0 Å². The van der Waals surface area contributed by atoms with Gasteiger partial charge in [-0.15, -0.1) is 0 Å². The zero-order chi connectivity index (χ0) is 5.49. The smallest absolute Gasteiger partial charge is 0.0320 e. The Bertz CT molecular complexity index is 147. The molecule has 42 valence electrons. The fourth-order valence-electron chi connectivity index (χ4n) is 0.731. The highest BCUT2D eigenvalue weighted by Crippen LogP contribution is 2.06. The average molecular weight is 119 g/mol. The monoisotopic (exact) mass is 119 g/mol. The molecule has 0 radical (unpaired) electrons. The van der Waals surface area contributed by atoms with Crippen LogP contribution in [0.2, 0.25) is 0 Å². The molecule has 0 atom stereocenters. The van der Waals surface area contributed by atoms with Crippen molar-refractivity contribution >= 4 is 15.4 Å². The van der Waals surface area contributed by atoms with E-state index in [-0.39, 0.29) is 6.04 Å². The first-order valence-electron chi connectivity index (χ1n) is 2.18. The Labute approximate surface area is 43.7 Å². The average Bonchev–Trinajstić information content (AvgIpc) is 1.27. The Morgan fingerprint density at radius 3 is 2.14 bits per heavy atom. The SMILES string of the molecule is C=S1(=O)CC(N)C1. The lowest BCUT2D eigenvalue weighted by Gasteiger charge is -2.25. The van der Waals surface area contributed by atoms with E-state index in [1.54, 1.807) is 0 Å². The van der Waals surface area contributed by atoms with Crippen LogP contribution in [0.4, 0.5) is 0 Å². The number of hydrogen-bond acceptors (Lipinski definition) is 2. The van der Waals surface area contributed by atoms with Gasteiger partial charge in [0.05, 0.1) is 0 Å². The minimum atomic E-state index is -1.66. The van der Waals surface area contributed by atoms with Gasteiger partial charge in [0.25, 0.3) is 0 Å². The van der Waals surface area contributed by atoms with Crippen LogP contribution in [0.25, 0.3) is 0 Å². The molecule has 0 aromatic rings. The molecule has 2 N–H and O–H groups in total. The summed E-state index contributed by atoms with van der Waals surface area (Å²) in [5.41, 5.74) is 5.33. The molecule has 1 fully saturated rings. The zero-order valence-corrected chi connectivity index (χ0v) is 4.91. The Morgan fingerprint density at radius 2 is 2.14 bits per heavy atom. The summed E-state index contributed by atoms with van der Waals surface area (Å²) >= 11 is 0. The van der Waals surface area contributed by atoms with Crippen molar-refractivity contribution in [1.29, 1.82) is 0 Å². The molecular weight excluding hydrogens is 110 g/mol. The van der Waals surface area contributed by atoms with Gasteiger partial charge in [0.15, 0.2) is 0 Å². The summed E-state index contributed by atoms with van der Waals surface area (Å²) in [6, 6.07) is 0.171. The second-order valence-electron chi connectivity index (χ2n) is 2.06. The molecule has 0 aromatic carbocycles. The lowest BCUT2D eigenvalue weighted by atomic mass is 10.4. The van der Waals surface area contributed by atoms with Gasteiger partial charge in [-0.05, 0) is 15.4 Å².